The quantitative estimate of drug-likeness (QED) is 0.408. The molecule has 0 aliphatic heterocycles. The summed E-state index contributed by atoms with van der Waals surface area (Å²) in [4.78, 5) is 12.5. The number of anilines is 1. The van der Waals surface area contributed by atoms with Gasteiger partial charge in [-0.05, 0) is 48.3 Å². The molecular weight excluding hydrogens is 394 g/mol. The molecule has 2 aromatic carbocycles. The number of hydrogen-bond acceptors (Lipinski definition) is 5. The number of thioether (sulfide) groups is 1. The van der Waals surface area contributed by atoms with Gasteiger partial charge in [0.1, 0.15) is 0 Å². The van der Waals surface area contributed by atoms with Gasteiger partial charge in [0, 0.05) is 5.69 Å². The summed E-state index contributed by atoms with van der Waals surface area (Å²) in [5.74, 6) is 0.279. The van der Waals surface area contributed by atoms with Gasteiger partial charge in [-0.3, -0.25) is 4.79 Å². The topological polar surface area (TPSA) is 46.9 Å². The minimum atomic E-state index is -0.0250. The van der Waals surface area contributed by atoms with E-state index >= 15 is 0 Å². The van der Waals surface area contributed by atoms with E-state index in [9.17, 15) is 4.79 Å². The van der Waals surface area contributed by atoms with Gasteiger partial charge in [-0.1, -0.05) is 73.3 Å². The summed E-state index contributed by atoms with van der Waals surface area (Å²) in [6.45, 7) is 4.20. The Morgan fingerprint density at radius 1 is 1.11 bits per heavy atom. The van der Waals surface area contributed by atoms with Gasteiger partial charge in [-0.15, -0.1) is 5.10 Å². The van der Waals surface area contributed by atoms with Crippen molar-refractivity contribution < 1.29 is 4.79 Å². The molecule has 0 radical (unpaired) electrons. The van der Waals surface area contributed by atoms with Crippen LogP contribution in [0.5, 0.6) is 0 Å². The van der Waals surface area contributed by atoms with Gasteiger partial charge in [0.05, 0.1) is 11.4 Å². The first-order chi connectivity index (χ1) is 13.1. The Hall–Kier alpha value is -1.96. The molecule has 3 rings (SSSR count). The smallest absolute Gasteiger partial charge is 0.234 e. The lowest BCUT2D eigenvalue weighted by molar-refractivity contribution is -0.113. The molecule has 27 heavy (non-hydrogen) atoms. The minimum absolute atomic E-state index is 0.0250. The van der Waals surface area contributed by atoms with Crippen molar-refractivity contribution in [3.63, 3.8) is 0 Å². The molecule has 0 atom stereocenters. The Morgan fingerprint density at radius 3 is 2.41 bits per heavy atom. The van der Waals surface area contributed by atoms with Crippen molar-refractivity contribution in [1.29, 1.82) is 0 Å². The normalized spacial score (nSPS) is 10.7. The third-order valence-electron chi connectivity index (χ3n) is 4.12. The van der Waals surface area contributed by atoms with Gasteiger partial charge >= 0.3 is 0 Å². The molecule has 1 amide bonds. The first kappa shape index (κ1) is 19.8. The van der Waals surface area contributed by atoms with Crippen LogP contribution in [-0.4, -0.2) is 21.4 Å². The molecule has 140 valence electrons. The Bertz CT molecular complexity index is 957. The number of aryl methyl sites for hydroxylation is 2. The first-order valence-electron chi connectivity index (χ1n) is 8.81. The van der Waals surface area contributed by atoms with Crippen LogP contribution in [0, 0.1) is 3.95 Å². The number of nitrogens with zero attached hydrogens (tertiary/aromatic N) is 2. The highest BCUT2D eigenvalue weighted by molar-refractivity contribution is 8.01. The van der Waals surface area contributed by atoms with Gasteiger partial charge < -0.3 is 5.32 Å². The fraction of sp³-hybridized carbons (Fsp3) is 0.250. The summed E-state index contributed by atoms with van der Waals surface area (Å²) in [5.41, 5.74) is 4.21. The van der Waals surface area contributed by atoms with E-state index < -0.39 is 0 Å². The molecule has 7 heteroatoms. The molecule has 0 saturated heterocycles. The highest BCUT2D eigenvalue weighted by Gasteiger charge is 2.12. The van der Waals surface area contributed by atoms with Crippen LogP contribution in [0.1, 0.15) is 25.0 Å². The zero-order valence-electron chi connectivity index (χ0n) is 15.3. The van der Waals surface area contributed by atoms with E-state index in [0.29, 0.717) is 9.71 Å². The second kappa shape index (κ2) is 9.30. The van der Waals surface area contributed by atoms with E-state index in [1.165, 1.54) is 23.1 Å². The molecule has 0 aliphatic rings. The number of carbonyl (C=O) groups is 1. The lowest BCUT2D eigenvalue weighted by Gasteiger charge is -2.14. The average Bonchev–Trinajstić information content (AvgIpc) is 3.08. The predicted molar refractivity (Wildman–Crippen MR) is 117 cm³/mol. The van der Waals surface area contributed by atoms with Crippen LogP contribution in [0.2, 0.25) is 0 Å². The zero-order chi connectivity index (χ0) is 19.2. The average molecular weight is 416 g/mol. The number of hydrogen-bond donors (Lipinski definition) is 1. The SMILES string of the molecule is CCc1cccc(CC)c1NC(=O)CSc1nn(-c2ccccc2)c(=S)s1. The van der Waals surface area contributed by atoms with Crippen molar-refractivity contribution in [2.24, 2.45) is 0 Å². The Balaban J connectivity index is 1.68. The highest BCUT2D eigenvalue weighted by atomic mass is 32.2. The summed E-state index contributed by atoms with van der Waals surface area (Å²) in [5, 5.41) is 7.63. The molecule has 1 N–H and O–H groups in total. The van der Waals surface area contributed by atoms with Crippen LogP contribution >= 0.6 is 35.3 Å². The molecule has 0 bridgehead atoms. The number of rotatable bonds is 7. The van der Waals surface area contributed by atoms with E-state index in [1.54, 1.807) is 4.68 Å². The zero-order valence-corrected chi connectivity index (χ0v) is 17.7. The van der Waals surface area contributed by atoms with Crippen molar-refractivity contribution in [1.82, 2.24) is 9.78 Å². The van der Waals surface area contributed by atoms with Gasteiger partial charge in [0.2, 0.25) is 5.91 Å². The second-order valence-electron chi connectivity index (χ2n) is 5.88. The van der Waals surface area contributed by atoms with E-state index in [0.717, 1.165) is 39.7 Å². The second-order valence-corrected chi connectivity index (χ2v) is 8.72. The minimum Gasteiger partial charge on any atom is -0.325 e. The highest BCUT2D eigenvalue weighted by Crippen LogP contribution is 2.26. The van der Waals surface area contributed by atoms with Gasteiger partial charge in [-0.25, -0.2) is 4.68 Å². The van der Waals surface area contributed by atoms with Gasteiger partial charge in [-0.2, -0.15) is 0 Å². The van der Waals surface area contributed by atoms with Crippen LogP contribution in [0.15, 0.2) is 52.9 Å². The summed E-state index contributed by atoms with van der Waals surface area (Å²) < 4.78 is 3.20. The number of para-hydroxylation sites is 2. The number of benzene rings is 2. The van der Waals surface area contributed by atoms with Gasteiger partial charge in [0.25, 0.3) is 0 Å². The molecule has 4 nitrogen and oxygen atoms in total. The van der Waals surface area contributed by atoms with Crippen molar-refractivity contribution in [2.45, 2.75) is 31.0 Å². The Labute approximate surface area is 172 Å². The van der Waals surface area contributed by atoms with Crippen LogP contribution < -0.4 is 5.32 Å². The standard InChI is InChI=1S/C20H21N3OS3/c1-3-14-9-8-10-15(4-2)18(14)21-17(24)13-26-19-22-23(20(25)27-19)16-11-6-5-7-12-16/h5-12H,3-4,13H2,1-2H3,(H,21,24). The monoisotopic (exact) mass is 415 g/mol. The molecule has 3 aromatic rings. The summed E-state index contributed by atoms with van der Waals surface area (Å²) in [6, 6.07) is 16.0. The number of nitrogens with one attached hydrogen (secondary N) is 1. The molecule has 0 saturated carbocycles. The predicted octanol–water partition coefficient (Wildman–Crippen LogP) is 5.52. The molecule has 1 aromatic heterocycles. The maximum absolute atomic E-state index is 12.5. The molecule has 0 fully saturated rings. The molecule has 0 aliphatic carbocycles. The maximum Gasteiger partial charge on any atom is 0.234 e. The van der Waals surface area contributed by atoms with E-state index in [-0.39, 0.29) is 5.91 Å². The van der Waals surface area contributed by atoms with Crippen molar-refractivity contribution >= 4 is 46.9 Å². The molecule has 1 heterocycles. The molecule has 0 unspecified atom stereocenters. The lowest BCUT2D eigenvalue weighted by Crippen LogP contribution is -2.16. The molecule has 0 spiro atoms. The van der Waals surface area contributed by atoms with Crippen LogP contribution in [0.3, 0.4) is 0 Å². The number of aromatic nitrogens is 2. The van der Waals surface area contributed by atoms with Crippen molar-refractivity contribution in [2.75, 3.05) is 11.1 Å². The fourth-order valence-electron chi connectivity index (χ4n) is 2.76. The van der Waals surface area contributed by atoms with Crippen LogP contribution in [0.25, 0.3) is 5.69 Å². The largest absolute Gasteiger partial charge is 0.325 e. The van der Waals surface area contributed by atoms with Crippen molar-refractivity contribution in [3.05, 3.63) is 63.6 Å². The molecular formula is C20H21N3OS3. The summed E-state index contributed by atoms with van der Waals surface area (Å²) in [6.07, 6.45) is 1.78. The van der Waals surface area contributed by atoms with Crippen LogP contribution in [-0.2, 0) is 17.6 Å². The summed E-state index contributed by atoms with van der Waals surface area (Å²) in [7, 11) is 0. The van der Waals surface area contributed by atoms with E-state index in [2.05, 4.69) is 36.4 Å². The Morgan fingerprint density at radius 2 is 1.78 bits per heavy atom. The van der Waals surface area contributed by atoms with E-state index in [1.807, 2.05) is 36.4 Å². The fourth-order valence-corrected chi connectivity index (χ4v) is 4.92. The number of carbonyl (C=O) groups excluding carboxylic acids is 1. The third kappa shape index (κ3) is 4.86. The third-order valence-corrected chi connectivity index (χ3v) is 6.49. The number of amides is 1. The lowest BCUT2D eigenvalue weighted by atomic mass is 10.0. The van der Waals surface area contributed by atoms with Crippen LogP contribution in [0.4, 0.5) is 5.69 Å². The summed E-state index contributed by atoms with van der Waals surface area (Å²) >= 11 is 8.25. The van der Waals surface area contributed by atoms with Gasteiger partial charge in [0.15, 0.2) is 8.29 Å². The first-order valence-corrected chi connectivity index (χ1v) is 11.0. The maximum atomic E-state index is 12.5. The van der Waals surface area contributed by atoms with Crippen molar-refractivity contribution in [3.8, 4) is 5.69 Å². The Kier molecular flexibility index (Phi) is 6.82. The van der Waals surface area contributed by atoms with E-state index in [4.69, 9.17) is 12.2 Å².